The number of hydrogen-bond donors (Lipinski definition) is 0. The van der Waals surface area contributed by atoms with Crippen LogP contribution >= 0.6 is 11.6 Å². The Labute approximate surface area is 102 Å². The maximum absolute atomic E-state index is 12.8. The molecule has 4 heteroatoms. The van der Waals surface area contributed by atoms with Crippen LogP contribution in [0.25, 0.3) is 5.57 Å². The zero-order chi connectivity index (χ0) is 12.5. The molecule has 0 saturated heterocycles. The summed E-state index contributed by atoms with van der Waals surface area (Å²) in [7, 11) is 0. The summed E-state index contributed by atoms with van der Waals surface area (Å²) in [6.07, 6.45) is 0.387. The van der Waals surface area contributed by atoms with Crippen molar-refractivity contribution >= 4 is 17.2 Å². The maximum Gasteiger partial charge on any atom is 0.416 e. The van der Waals surface area contributed by atoms with Crippen molar-refractivity contribution in [3.63, 3.8) is 0 Å². The van der Waals surface area contributed by atoms with Gasteiger partial charge in [-0.25, -0.2) is 0 Å². The standard InChI is InChI=1S/C13H9ClF3/c14-10-7-5-9(6-8-10)11-3-1-2-4-12(11)13(15,16)17/h2-8H,1H2. The minimum absolute atomic E-state index is 0.219. The quantitative estimate of drug-likeness (QED) is 0.677. The largest absolute Gasteiger partial charge is 0.416 e. The molecule has 0 saturated carbocycles. The van der Waals surface area contributed by atoms with E-state index in [1.165, 1.54) is 6.08 Å². The first kappa shape index (κ1) is 12.2. The van der Waals surface area contributed by atoms with Crippen LogP contribution in [0.1, 0.15) is 12.0 Å². The molecule has 89 valence electrons. The van der Waals surface area contributed by atoms with Crippen molar-refractivity contribution in [1.82, 2.24) is 0 Å². The zero-order valence-electron chi connectivity index (χ0n) is 8.76. The molecule has 0 N–H and O–H groups in total. The Kier molecular flexibility index (Phi) is 3.29. The summed E-state index contributed by atoms with van der Waals surface area (Å²) in [5.74, 6) is 0. The maximum atomic E-state index is 12.8. The van der Waals surface area contributed by atoms with Gasteiger partial charge in [0.2, 0.25) is 0 Å². The van der Waals surface area contributed by atoms with Gasteiger partial charge in [-0.2, -0.15) is 13.2 Å². The van der Waals surface area contributed by atoms with Crippen LogP contribution in [0.2, 0.25) is 5.02 Å². The fourth-order valence-electron chi connectivity index (χ4n) is 1.72. The third kappa shape index (κ3) is 2.72. The molecule has 1 aromatic carbocycles. The van der Waals surface area contributed by atoms with E-state index in [9.17, 15) is 13.2 Å². The Bertz CT molecular complexity index is 466. The van der Waals surface area contributed by atoms with Gasteiger partial charge in [-0.15, -0.1) is 0 Å². The summed E-state index contributed by atoms with van der Waals surface area (Å²) in [6, 6.07) is 6.37. The van der Waals surface area contributed by atoms with Gasteiger partial charge in [0.05, 0.1) is 5.57 Å². The second-order valence-electron chi connectivity index (χ2n) is 3.67. The summed E-state index contributed by atoms with van der Waals surface area (Å²) in [5, 5.41) is 0.509. The van der Waals surface area contributed by atoms with Gasteiger partial charge >= 0.3 is 6.18 Å². The van der Waals surface area contributed by atoms with Crippen molar-refractivity contribution in [3.8, 4) is 0 Å². The summed E-state index contributed by atoms with van der Waals surface area (Å²) >= 11 is 5.71. The van der Waals surface area contributed by atoms with E-state index < -0.39 is 11.7 Å². The smallest absolute Gasteiger partial charge is 0.166 e. The Morgan fingerprint density at radius 2 is 1.71 bits per heavy atom. The second-order valence-corrected chi connectivity index (χ2v) is 4.11. The Balaban J connectivity index is 2.50. The molecule has 2 rings (SSSR count). The van der Waals surface area contributed by atoms with E-state index >= 15 is 0 Å². The van der Waals surface area contributed by atoms with E-state index in [-0.39, 0.29) is 5.57 Å². The molecule has 0 aromatic heterocycles. The van der Waals surface area contributed by atoms with Gasteiger partial charge in [0.25, 0.3) is 0 Å². The molecule has 0 bridgehead atoms. The van der Waals surface area contributed by atoms with Crippen LogP contribution in [0.15, 0.2) is 42.0 Å². The fourth-order valence-corrected chi connectivity index (χ4v) is 1.85. The van der Waals surface area contributed by atoms with Gasteiger partial charge in [-0.3, -0.25) is 0 Å². The molecule has 0 atom stereocenters. The molecule has 1 aromatic rings. The molecule has 0 spiro atoms. The lowest BCUT2D eigenvalue weighted by molar-refractivity contribution is -0.0877. The molecule has 1 aliphatic rings. The topological polar surface area (TPSA) is 0 Å². The van der Waals surface area contributed by atoms with Crippen LogP contribution in [-0.2, 0) is 0 Å². The van der Waals surface area contributed by atoms with Crippen molar-refractivity contribution in [3.05, 3.63) is 59.0 Å². The van der Waals surface area contributed by atoms with Crippen molar-refractivity contribution in [1.29, 1.82) is 0 Å². The monoisotopic (exact) mass is 257 g/mol. The summed E-state index contributed by atoms with van der Waals surface area (Å²) in [4.78, 5) is 0. The van der Waals surface area contributed by atoms with E-state index in [1.54, 1.807) is 30.7 Å². The Hall–Kier alpha value is -1.22. The summed E-state index contributed by atoms with van der Waals surface area (Å²) in [5.41, 5.74) is 0.147. The fraction of sp³-hybridized carbons (Fsp3) is 0.154. The van der Waals surface area contributed by atoms with E-state index in [1.807, 2.05) is 0 Å². The van der Waals surface area contributed by atoms with Crippen LogP contribution in [0.5, 0.6) is 0 Å². The van der Waals surface area contributed by atoms with Gasteiger partial charge in [0, 0.05) is 5.02 Å². The molecule has 1 aliphatic carbocycles. The number of halogens is 4. The number of rotatable bonds is 1. The molecule has 0 aliphatic heterocycles. The lowest BCUT2D eigenvalue weighted by Gasteiger charge is -2.18. The lowest BCUT2D eigenvalue weighted by Crippen LogP contribution is -2.14. The highest BCUT2D eigenvalue weighted by Gasteiger charge is 2.35. The highest BCUT2D eigenvalue weighted by atomic mass is 35.5. The zero-order valence-corrected chi connectivity index (χ0v) is 9.52. The molecule has 0 unspecified atom stereocenters. The summed E-state index contributed by atoms with van der Waals surface area (Å²) < 4.78 is 38.4. The van der Waals surface area contributed by atoms with Crippen LogP contribution < -0.4 is 0 Å². The molecule has 0 amide bonds. The van der Waals surface area contributed by atoms with E-state index in [0.717, 1.165) is 6.08 Å². The van der Waals surface area contributed by atoms with Gasteiger partial charge in [0.1, 0.15) is 0 Å². The van der Waals surface area contributed by atoms with Crippen LogP contribution in [-0.4, -0.2) is 6.18 Å². The third-order valence-corrected chi connectivity index (χ3v) is 2.75. The van der Waals surface area contributed by atoms with Crippen molar-refractivity contribution in [2.75, 3.05) is 0 Å². The molecule has 0 fully saturated rings. The highest BCUT2D eigenvalue weighted by molar-refractivity contribution is 6.30. The van der Waals surface area contributed by atoms with Crippen LogP contribution in [0.3, 0.4) is 0 Å². The number of alkyl halides is 3. The molecule has 0 heterocycles. The summed E-state index contributed by atoms with van der Waals surface area (Å²) in [6.45, 7) is 0. The van der Waals surface area contributed by atoms with E-state index in [0.29, 0.717) is 17.0 Å². The molecule has 0 nitrogen and oxygen atoms in total. The van der Waals surface area contributed by atoms with Gasteiger partial charge in [-0.1, -0.05) is 35.9 Å². The number of benzene rings is 1. The Morgan fingerprint density at radius 3 is 2.29 bits per heavy atom. The molecule has 17 heavy (non-hydrogen) atoms. The third-order valence-electron chi connectivity index (χ3n) is 2.49. The van der Waals surface area contributed by atoms with E-state index in [2.05, 4.69) is 0 Å². The lowest BCUT2D eigenvalue weighted by atomic mass is 9.91. The minimum Gasteiger partial charge on any atom is -0.166 e. The van der Waals surface area contributed by atoms with Gasteiger partial charge in [-0.05, 0) is 36.1 Å². The highest BCUT2D eigenvalue weighted by Crippen LogP contribution is 2.37. The predicted octanol–water partition coefficient (Wildman–Crippen LogP) is 4.82. The number of hydrogen-bond acceptors (Lipinski definition) is 0. The number of allylic oxidation sites excluding steroid dienone is 4. The van der Waals surface area contributed by atoms with Crippen molar-refractivity contribution in [2.24, 2.45) is 0 Å². The minimum atomic E-state index is -4.33. The first-order chi connectivity index (χ1) is 7.98. The van der Waals surface area contributed by atoms with Crippen molar-refractivity contribution in [2.45, 2.75) is 12.6 Å². The van der Waals surface area contributed by atoms with Crippen molar-refractivity contribution < 1.29 is 13.2 Å². The average molecular weight is 258 g/mol. The molecular weight excluding hydrogens is 249 g/mol. The first-order valence-corrected chi connectivity index (χ1v) is 5.43. The SMILES string of the molecule is FC(F)(F)C1=C(c2ccc(Cl)cc2)[CH]CC=C1. The molecular formula is C13H9ClF3. The van der Waals surface area contributed by atoms with Crippen LogP contribution in [0, 0.1) is 6.42 Å². The predicted molar refractivity (Wildman–Crippen MR) is 62.5 cm³/mol. The van der Waals surface area contributed by atoms with Gasteiger partial charge < -0.3 is 0 Å². The average Bonchev–Trinajstić information content (AvgIpc) is 2.29. The normalized spacial score (nSPS) is 16.5. The first-order valence-electron chi connectivity index (χ1n) is 5.05. The van der Waals surface area contributed by atoms with Gasteiger partial charge in [0.15, 0.2) is 0 Å². The van der Waals surface area contributed by atoms with Crippen LogP contribution in [0.4, 0.5) is 13.2 Å². The molecule has 1 radical (unpaired) electrons. The Morgan fingerprint density at radius 1 is 1.06 bits per heavy atom. The second kappa shape index (κ2) is 4.57. The van der Waals surface area contributed by atoms with E-state index in [4.69, 9.17) is 11.6 Å².